The zero-order valence-corrected chi connectivity index (χ0v) is 13.9. The second-order valence-corrected chi connectivity index (χ2v) is 8.36. The molecule has 0 aliphatic rings. The topological polar surface area (TPSA) is 6.48 Å². The normalized spacial score (nSPS) is 12.9. The SMILES string of the molecule is CC(C)[N](C(C)C)[Al]([CH3])[N](C(C)C)C(C)C. The molecule has 0 aromatic rings. The largest absolute Gasteiger partial charge is 0.485 e. The molecule has 0 saturated heterocycles. The number of hydrogen-bond acceptors (Lipinski definition) is 2. The van der Waals surface area contributed by atoms with Gasteiger partial charge in [0, 0.05) is 0 Å². The lowest BCUT2D eigenvalue weighted by Crippen LogP contribution is -2.60. The summed E-state index contributed by atoms with van der Waals surface area (Å²) in [5.41, 5.74) is 0. The van der Waals surface area contributed by atoms with Crippen LogP contribution in [0.2, 0.25) is 5.79 Å². The third-order valence-corrected chi connectivity index (χ3v) is 7.36. The molecule has 96 valence electrons. The van der Waals surface area contributed by atoms with Crippen molar-refractivity contribution < 1.29 is 0 Å². The van der Waals surface area contributed by atoms with Crippen LogP contribution in [0.15, 0.2) is 0 Å². The van der Waals surface area contributed by atoms with Gasteiger partial charge in [-0.2, -0.15) is 0 Å². The second kappa shape index (κ2) is 7.01. The van der Waals surface area contributed by atoms with Gasteiger partial charge in [-0.05, 0) is 24.2 Å². The van der Waals surface area contributed by atoms with Gasteiger partial charge in [-0.15, -0.1) is 0 Å². The van der Waals surface area contributed by atoms with E-state index in [2.05, 4.69) is 68.9 Å². The maximum atomic E-state index is 2.72. The van der Waals surface area contributed by atoms with E-state index in [0.717, 1.165) is 0 Å². The van der Waals surface area contributed by atoms with E-state index in [1.54, 1.807) is 0 Å². The molecule has 0 aromatic heterocycles. The molecule has 0 aliphatic heterocycles. The minimum atomic E-state index is -0.997. The Hall–Kier alpha value is 0.452. The van der Waals surface area contributed by atoms with Gasteiger partial charge in [0.15, 0.2) is 0 Å². The Morgan fingerprint density at radius 1 is 0.562 bits per heavy atom. The summed E-state index contributed by atoms with van der Waals surface area (Å²) in [6, 6.07) is 2.62. The van der Waals surface area contributed by atoms with E-state index >= 15 is 0 Å². The molecule has 0 aromatic carbocycles. The lowest BCUT2D eigenvalue weighted by atomic mass is 10.3. The average Bonchev–Trinajstić information content (AvgIpc) is 1.99. The summed E-state index contributed by atoms with van der Waals surface area (Å²) >= 11 is -0.997. The van der Waals surface area contributed by atoms with Crippen LogP contribution in [-0.4, -0.2) is 46.5 Å². The zero-order chi connectivity index (χ0) is 13.0. The minimum Gasteiger partial charge on any atom is -0.367 e. The van der Waals surface area contributed by atoms with Gasteiger partial charge >= 0.3 is 14.6 Å². The molecule has 0 rings (SSSR count). The van der Waals surface area contributed by atoms with Gasteiger partial charge in [0.2, 0.25) is 0 Å². The molecule has 0 bridgehead atoms. The molecule has 3 heteroatoms. The standard InChI is InChI=1S/2C6H14N.CH3.Al/c2*1-5(2)7-6(3)4;;/h2*5-6H,1-4H3;1H3;/q2*-1;;+2. The van der Waals surface area contributed by atoms with Crippen LogP contribution >= 0.6 is 0 Å². The highest BCUT2D eigenvalue weighted by Crippen LogP contribution is 2.16. The predicted octanol–water partition coefficient (Wildman–Crippen LogP) is 3.34. The van der Waals surface area contributed by atoms with Crippen LogP contribution in [0, 0.1) is 0 Å². The summed E-state index contributed by atoms with van der Waals surface area (Å²) < 4.78 is 5.44. The van der Waals surface area contributed by atoms with Gasteiger partial charge < -0.3 is 7.77 Å². The molecule has 0 amide bonds. The summed E-state index contributed by atoms with van der Waals surface area (Å²) in [4.78, 5) is 0. The van der Waals surface area contributed by atoms with Crippen molar-refractivity contribution in [3.63, 3.8) is 0 Å². The van der Waals surface area contributed by atoms with Gasteiger partial charge in [0.25, 0.3) is 0 Å². The summed E-state index contributed by atoms with van der Waals surface area (Å²) in [6.07, 6.45) is 0. The number of nitrogens with zero attached hydrogens (tertiary/aromatic N) is 2. The Balaban J connectivity index is 4.88. The van der Waals surface area contributed by atoms with E-state index in [1.807, 2.05) is 0 Å². The van der Waals surface area contributed by atoms with Crippen LogP contribution in [-0.2, 0) is 0 Å². The fourth-order valence-corrected chi connectivity index (χ4v) is 6.83. The first-order valence-electron chi connectivity index (χ1n) is 6.75. The maximum absolute atomic E-state index is 2.72. The highest BCUT2D eigenvalue weighted by molar-refractivity contribution is 6.51. The Labute approximate surface area is 108 Å². The molecule has 16 heavy (non-hydrogen) atoms. The van der Waals surface area contributed by atoms with Crippen molar-refractivity contribution in [2.75, 3.05) is 0 Å². The van der Waals surface area contributed by atoms with Gasteiger partial charge in [-0.1, -0.05) is 61.2 Å². The van der Waals surface area contributed by atoms with Crippen LogP contribution in [0.1, 0.15) is 55.4 Å². The molecule has 0 saturated carbocycles. The van der Waals surface area contributed by atoms with Gasteiger partial charge in [-0.25, -0.2) is 0 Å². The van der Waals surface area contributed by atoms with Crippen molar-refractivity contribution in [1.29, 1.82) is 0 Å². The monoisotopic (exact) mass is 242 g/mol. The first kappa shape index (κ1) is 16.5. The smallest absolute Gasteiger partial charge is 0.367 e. The number of hydrogen-bond donors (Lipinski definition) is 0. The lowest BCUT2D eigenvalue weighted by Gasteiger charge is -2.43. The van der Waals surface area contributed by atoms with Crippen LogP contribution in [0.3, 0.4) is 0 Å². The van der Waals surface area contributed by atoms with Crippen molar-refractivity contribution >= 4 is 14.6 Å². The molecule has 0 atom stereocenters. The van der Waals surface area contributed by atoms with Crippen LogP contribution in [0.5, 0.6) is 0 Å². The Kier molecular flexibility index (Phi) is 7.21. The lowest BCUT2D eigenvalue weighted by molar-refractivity contribution is 0.224. The fraction of sp³-hybridized carbons (Fsp3) is 1.00. The van der Waals surface area contributed by atoms with Crippen molar-refractivity contribution in [1.82, 2.24) is 7.77 Å². The molecule has 0 unspecified atom stereocenters. The third kappa shape index (κ3) is 4.37. The van der Waals surface area contributed by atoms with E-state index in [0.29, 0.717) is 24.2 Å². The zero-order valence-electron chi connectivity index (χ0n) is 12.8. The van der Waals surface area contributed by atoms with Gasteiger partial charge in [0.05, 0.1) is 0 Å². The molecule has 0 spiro atoms. The van der Waals surface area contributed by atoms with E-state index in [-0.39, 0.29) is 0 Å². The van der Waals surface area contributed by atoms with Crippen LogP contribution in [0.4, 0.5) is 0 Å². The fourth-order valence-electron chi connectivity index (χ4n) is 3.07. The second-order valence-electron chi connectivity index (χ2n) is 5.90. The summed E-state index contributed by atoms with van der Waals surface area (Å²) in [5.74, 6) is 2.47. The first-order chi connectivity index (χ1) is 7.20. The molecule has 0 N–H and O–H groups in total. The molecule has 0 fully saturated rings. The first-order valence-corrected chi connectivity index (χ1v) is 8.93. The molecule has 0 aliphatic carbocycles. The van der Waals surface area contributed by atoms with Gasteiger partial charge in [0.1, 0.15) is 0 Å². The van der Waals surface area contributed by atoms with Crippen LogP contribution < -0.4 is 0 Å². The highest BCUT2D eigenvalue weighted by atomic mass is 27.2. The summed E-state index contributed by atoms with van der Waals surface area (Å²) in [7, 11) is 0. The maximum Gasteiger partial charge on any atom is 0.485 e. The Morgan fingerprint density at radius 2 is 0.750 bits per heavy atom. The number of rotatable bonds is 6. The average molecular weight is 242 g/mol. The van der Waals surface area contributed by atoms with Crippen molar-refractivity contribution in [3.8, 4) is 0 Å². The predicted molar refractivity (Wildman–Crippen MR) is 75.8 cm³/mol. The van der Waals surface area contributed by atoms with Crippen LogP contribution in [0.25, 0.3) is 0 Å². The van der Waals surface area contributed by atoms with E-state index in [9.17, 15) is 0 Å². The Bertz CT molecular complexity index is 154. The highest BCUT2D eigenvalue weighted by Gasteiger charge is 2.35. The van der Waals surface area contributed by atoms with E-state index < -0.39 is 14.6 Å². The third-order valence-electron chi connectivity index (χ3n) is 3.25. The minimum absolute atomic E-state index is 0.654. The molecule has 0 heterocycles. The molecular weight excluding hydrogens is 211 g/mol. The van der Waals surface area contributed by atoms with E-state index in [4.69, 9.17) is 0 Å². The molecular formula is C13H31AlN2. The summed E-state index contributed by atoms with van der Waals surface area (Å²) in [5, 5.41) is 0. The van der Waals surface area contributed by atoms with Gasteiger partial charge in [-0.3, -0.25) is 0 Å². The van der Waals surface area contributed by atoms with Crippen molar-refractivity contribution in [2.24, 2.45) is 0 Å². The van der Waals surface area contributed by atoms with E-state index in [1.165, 1.54) is 0 Å². The molecule has 0 radical (unpaired) electrons. The van der Waals surface area contributed by atoms with Crippen molar-refractivity contribution in [2.45, 2.75) is 85.3 Å². The molecule has 2 nitrogen and oxygen atoms in total. The summed E-state index contributed by atoms with van der Waals surface area (Å²) in [6.45, 7) is 18.6. The quantitative estimate of drug-likeness (QED) is 0.659. The van der Waals surface area contributed by atoms with Crippen molar-refractivity contribution in [3.05, 3.63) is 0 Å². The Morgan fingerprint density at radius 3 is 0.875 bits per heavy atom.